The highest BCUT2D eigenvalue weighted by molar-refractivity contribution is 7.89. The molecule has 4 rings (SSSR count). The van der Waals surface area contributed by atoms with Crippen molar-refractivity contribution < 1.29 is 13.2 Å². The summed E-state index contributed by atoms with van der Waals surface area (Å²) >= 11 is 6.13. The SMILES string of the molecule is COc1cc(C)c(C)cc1S(=O)(=O)N1CCc2[nH]nc(-c3cccc(Cl)c3)c2C1. The van der Waals surface area contributed by atoms with Gasteiger partial charge >= 0.3 is 0 Å². The first-order valence-corrected chi connectivity index (χ1v) is 11.1. The summed E-state index contributed by atoms with van der Waals surface area (Å²) in [6.07, 6.45) is 0.565. The topological polar surface area (TPSA) is 75.3 Å². The number of halogens is 1. The van der Waals surface area contributed by atoms with Gasteiger partial charge in [-0.25, -0.2) is 8.42 Å². The van der Waals surface area contributed by atoms with Crippen LogP contribution in [0.25, 0.3) is 11.3 Å². The number of aryl methyl sites for hydroxylation is 2. The predicted molar refractivity (Wildman–Crippen MR) is 113 cm³/mol. The minimum Gasteiger partial charge on any atom is -0.495 e. The fourth-order valence-corrected chi connectivity index (χ4v) is 5.43. The molecule has 0 radical (unpaired) electrons. The molecule has 29 heavy (non-hydrogen) atoms. The fourth-order valence-electron chi connectivity index (χ4n) is 3.61. The average molecular weight is 432 g/mol. The number of fused-ring (bicyclic) bond motifs is 1. The zero-order valence-electron chi connectivity index (χ0n) is 16.5. The van der Waals surface area contributed by atoms with Gasteiger partial charge in [-0.3, -0.25) is 5.10 Å². The van der Waals surface area contributed by atoms with Crippen LogP contribution in [0.15, 0.2) is 41.3 Å². The van der Waals surface area contributed by atoms with Crippen LogP contribution in [0, 0.1) is 13.8 Å². The van der Waals surface area contributed by atoms with Gasteiger partial charge < -0.3 is 4.74 Å². The van der Waals surface area contributed by atoms with Gasteiger partial charge in [0.05, 0.1) is 12.8 Å². The Hall–Kier alpha value is -2.35. The second kappa shape index (κ2) is 7.48. The molecule has 152 valence electrons. The molecule has 1 aliphatic heterocycles. The standard InChI is InChI=1S/C21H22ClN3O3S/c1-13-9-19(28-3)20(10-14(13)2)29(26,27)25-8-7-18-17(12-25)21(24-23-18)15-5-4-6-16(22)11-15/h4-6,9-11H,7-8,12H2,1-3H3,(H,23,24). The van der Waals surface area contributed by atoms with Gasteiger partial charge in [-0.1, -0.05) is 23.7 Å². The van der Waals surface area contributed by atoms with E-state index in [-0.39, 0.29) is 11.4 Å². The first-order chi connectivity index (χ1) is 13.8. The molecule has 0 spiro atoms. The molecule has 3 aromatic rings. The van der Waals surface area contributed by atoms with Crippen molar-refractivity contribution in [1.82, 2.24) is 14.5 Å². The van der Waals surface area contributed by atoms with Crippen LogP contribution in [-0.4, -0.2) is 36.6 Å². The highest BCUT2D eigenvalue weighted by atomic mass is 35.5. The van der Waals surface area contributed by atoms with Crippen LogP contribution < -0.4 is 4.74 Å². The first kappa shape index (κ1) is 19.9. The summed E-state index contributed by atoms with van der Waals surface area (Å²) in [4.78, 5) is 0.194. The largest absolute Gasteiger partial charge is 0.495 e. The molecule has 0 bridgehead atoms. The lowest BCUT2D eigenvalue weighted by molar-refractivity contribution is 0.377. The second-order valence-electron chi connectivity index (χ2n) is 7.22. The number of methoxy groups -OCH3 is 1. The van der Waals surface area contributed by atoms with Gasteiger partial charge in [0, 0.05) is 41.4 Å². The summed E-state index contributed by atoms with van der Waals surface area (Å²) in [5.74, 6) is 0.362. The number of nitrogens with one attached hydrogen (secondary N) is 1. The number of benzene rings is 2. The molecule has 1 N–H and O–H groups in total. The molecule has 2 heterocycles. The molecule has 6 nitrogen and oxygen atoms in total. The van der Waals surface area contributed by atoms with Crippen molar-refractivity contribution in [2.24, 2.45) is 0 Å². The Labute approximate surface area is 175 Å². The summed E-state index contributed by atoms with van der Waals surface area (Å²) < 4.78 is 33.8. The van der Waals surface area contributed by atoms with E-state index in [4.69, 9.17) is 16.3 Å². The quantitative estimate of drug-likeness (QED) is 0.674. The van der Waals surface area contributed by atoms with E-state index in [9.17, 15) is 8.42 Å². The van der Waals surface area contributed by atoms with E-state index < -0.39 is 10.0 Å². The van der Waals surface area contributed by atoms with Crippen LogP contribution in [0.5, 0.6) is 5.75 Å². The number of hydrogen-bond acceptors (Lipinski definition) is 4. The molecule has 0 aliphatic carbocycles. The molecular weight excluding hydrogens is 410 g/mol. The fraction of sp³-hybridized carbons (Fsp3) is 0.286. The van der Waals surface area contributed by atoms with Crippen molar-refractivity contribution in [2.75, 3.05) is 13.7 Å². The highest BCUT2D eigenvalue weighted by Gasteiger charge is 2.33. The molecule has 0 unspecified atom stereocenters. The van der Waals surface area contributed by atoms with Gasteiger partial charge in [0.15, 0.2) is 0 Å². The predicted octanol–water partition coefficient (Wildman–Crippen LogP) is 4.10. The van der Waals surface area contributed by atoms with E-state index in [0.29, 0.717) is 23.7 Å². The van der Waals surface area contributed by atoms with E-state index >= 15 is 0 Å². The van der Waals surface area contributed by atoms with Crippen LogP contribution in [0.4, 0.5) is 0 Å². The smallest absolute Gasteiger partial charge is 0.247 e. The van der Waals surface area contributed by atoms with Crippen molar-refractivity contribution in [3.8, 4) is 17.0 Å². The normalized spacial score (nSPS) is 14.6. The van der Waals surface area contributed by atoms with Gasteiger partial charge in [-0.15, -0.1) is 0 Å². The molecular formula is C21H22ClN3O3S. The monoisotopic (exact) mass is 431 g/mol. The summed E-state index contributed by atoms with van der Waals surface area (Å²) in [5.41, 5.74) is 5.32. The third-order valence-corrected chi connectivity index (χ3v) is 7.50. The second-order valence-corrected chi connectivity index (χ2v) is 9.56. The van der Waals surface area contributed by atoms with Crippen LogP contribution in [0.1, 0.15) is 22.4 Å². The number of rotatable bonds is 4. The molecule has 8 heteroatoms. The Kier molecular flexibility index (Phi) is 5.14. The zero-order chi connectivity index (χ0) is 20.8. The van der Waals surface area contributed by atoms with Gasteiger partial charge in [0.25, 0.3) is 0 Å². The number of sulfonamides is 1. The summed E-state index contributed by atoms with van der Waals surface area (Å²) in [6.45, 7) is 4.45. The number of H-pyrrole nitrogens is 1. The number of aromatic amines is 1. The average Bonchev–Trinajstić information content (AvgIpc) is 3.13. The molecule has 0 atom stereocenters. The van der Waals surface area contributed by atoms with Crippen molar-refractivity contribution >= 4 is 21.6 Å². The Balaban J connectivity index is 1.74. The van der Waals surface area contributed by atoms with E-state index in [0.717, 1.165) is 33.6 Å². The van der Waals surface area contributed by atoms with E-state index in [1.54, 1.807) is 18.2 Å². The maximum atomic E-state index is 13.5. The molecule has 1 aromatic heterocycles. The summed E-state index contributed by atoms with van der Waals surface area (Å²) in [6, 6.07) is 10.9. The molecule has 0 fully saturated rings. The molecule has 1 aliphatic rings. The molecule has 0 amide bonds. The molecule has 0 saturated carbocycles. The Bertz CT molecular complexity index is 1190. The van der Waals surface area contributed by atoms with E-state index in [1.807, 2.05) is 32.0 Å². The van der Waals surface area contributed by atoms with Crippen molar-refractivity contribution in [2.45, 2.75) is 31.7 Å². The summed E-state index contributed by atoms with van der Waals surface area (Å²) in [5, 5.41) is 8.09. The minimum absolute atomic E-state index is 0.194. The van der Waals surface area contributed by atoms with Gasteiger partial charge in [-0.05, 0) is 49.2 Å². The molecule has 2 aromatic carbocycles. The maximum Gasteiger partial charge on any atom is 0.247 e. The highest BCUT2D eigenvalue weighted by Crippen LogP contribution is 2.35. The Morgan fingerprint density at radius 1 is 1.17 bits per heavy atom. The van der Waals surface area contributed by atoms with Gasteiger partial charge in [0.1, 0.15) is 10.6 Å². The lowest BCUT2D eigenvalue weighted by atomic mass is 10.0. The van der Waals surface area contributed by atoms with Crippen LogP contribution in [0.3, 0.4) is 0 Å². The minimum atomic E-state index is -3.73. The maximum absolute atomic E-state index is 13.5. The lowest BCUT2D eigenvalue weighted by Crippen LogP contribution is -2.36. The third-order valence-electron chi connectivity index (χ3n) is 5.39. The van der Waals surface area contributed by atoms with Gasteiger partial charge in [0.2, 0.25) is 10.0 Å². The Morgan fingerprint density at radius 3 is 2.66 bits per heavy atom. The van der Waals surface area contributed by atoms with Crippen LogP contribution >= 0.6 is 11.6 Å². The number of ether oxygens (including phenoxy) is 1. The summed E-state index contributed by atoms with van der Waals surface area (Å²) in [7, 11) is -2.24. The number of aromatic nitrogens is 2. The Morgan fingerprint density at radius 2 is 1.93 bits per heavy atom. The third kappa shape index (κ3) is 3.54. The van der Waals surface area contributed by atoms with Crippen molar-refractivity contribution in [3.05, 3.63) is 63.8 Å². The van der Waals surface area contributed by atoms with Crippen LogP contribution in [0.2, 0.25) is 5.02 Å². The molecule has 0 saturated heterocycles. The number of hydrogen-bond donors (Lipinski definition) is 1. The van der Waals surface area contributed by atoms with Crippen molar-refractivity contribution in [3.63, 3.8) is 0 Å². The first-order valence-electron chi connectivity index (χ1n) is 9.28. The van der Waals surface area contributed by atoms with E-state index in [1.165, 1.54) is 11.4 Å². The van der Waals surface area contributed by atoms with Gasteiger partial charge in [-0.2, -0.15) is 9.40 Å². The zero-order valence-corrected chi connectivity index (χ0v) is 18.1. The lowest BCUT2D eigenvalue weighted by Gasteiger charge is -2.27. The number of nitrogens with zero attached hydrogens (tertiary/aromatic N) is 2. The van der Waals surface area contributed by atoms with Crippen molar-refractivity contribution in [1.29, 1.82) is 0 Å². The van der Waals surface area contributed by atoms with Crippen LogP contribution in [-0.2, 0) is 23.0 Å². The van der Waals surface area contributed by atoms with E-state index in [2.05, 4.69) is 10.2 Å².